The summed E-state index contributed by atoms with van der Waals surface area (Å²) in [6.45, 7) is 2.36. The number of aromatic nitrogens is 1. The minimum atomic E-state index is -0.315. The maximum atomic E-state index is 14.0. The third-order valence-corrected chi connectivity index (χ3v) is 2.94. The van der Waals surface area contributed by atoms with Crippen molar-refractivity contribution in [1.82, 2.24) is 4.57 Å². The fourth-order valence-electron chi connectivity index (χ4n) is 2.00. The number of halogens is 1. The minimum Gasteiger partial charge on any atom is -0.494 e. The molecule has 0 bridgehead atoms. The topological polar surface area (TPSA) is 40.2 Å². The van der Waals surface area contributed by atoms with Gasteiger partial charge in [0.15, 0.2) is 11.6 Å². The molecule has 0 amide bonds. The summed E-state index contributed by atoms with van der Waals surface area (Å²) >= 11 is 0. The SMILES string of the molecule is COc1cccc(Cn2cccc2C(C)N)c1F. The van der Waals surface area contributed by atoms with Crippen molar-refractivity contribution in [2.45, 2.75) is 19.5 Å². The second kappa shape index (κ2) is 5.23. The smallest absolute Gasteiger partial charge is 0.170 e. The Kier molecular flexibility index (Phi) is 3.67. The van der Waals surface area contributed by atoms with E-state index in [4.69, 9.17) is 10.5 Å². The van der Waals surface area contributed by atoms with Gasteiger partial charge in [0.2, 0.25) is 0 Å². The van der Waals surface area contributed by atoms with Crippen molar-refractivity contribution in [3.8, 4) is 5.75 Å². The first-order valence-electron chi connectivity index (χ1n) is 5.85. The lowest BCUT2D eigenvalue weighted by Crippen LogP contribution is -2.13. The Hall–Kier alpha value is -1.81. The van der Waals surface area contributed by atoms with Gasteiger partial charge in [0.05, 0.1) is 13.7 Å². The van der Waals surface area contributed by atoms with Crippen molar-refractivity contribution in [2.75, 3.05) is 7.11 Å². The molecule has 2 rings (SSSR count). The fraction of sp³-hybridized carbons (Fsp3) is 0.286. The van der Waals surface area contributed by atoms with Crippen LogP contribution in [0.2, 0.25) is 0 Å². The third kappa shape index (κ3) is 2.38. The standard InChI is InChI=1S/C14H17FN2O/c1-10(16)12-6-4-8-17(12)9-11-5-3-7-13(18-2)14(11)15/h3-8,10H,9,16H2,1-2H3. The lowest BCUT2D eigenvalue weighted by molar-refractivity contribution is 0.383. The predicted octanol–water partition coefficient (Wildman–Crippen LogP) is 2.70. The summed E-state index contributed by atoms with van der Waals surface area (Å²) in [4.78, 5) is 0. The van der Waals surface area contributed by atoms with Crippen LogP contribution in [0.4, 0.5) is 4.39 Å². The predicted molar refractivity (Wildman–Crippen MR) is 69.1 cm³/mol. The molecular formula is C14H17FN2O. The van der Waals surface area contributed by atoms with Crippen LogP contribution >= 0.6 is 0 Å². The summed E-state index contributed by atoms with van der Waals surface area (Å²) in [6.07, 6.45) is 1.90. The number of rotatable bonds is 4. The van der Waals surface area contributed by atoms with Gasteiger partial charge in [-0.1, -0.05) is 12.1 Å². The van der Waals surface area contributed by atoms with Crippen molar-refractivity contribution in [2.24, 2.45) is 5.73 Å². The van der Waals surface area contributed by atoms with Crippen molar-refractivity contribution >= 4 is 0 Å². The fourth-order valence-corrected chi connectivity index (χ4v) is 2.00. The van der Waals surface area contributed by atoms with E-state index in [1.807, 2.05) is 29.8 Å². The largest absolute Gasteiger partial charge is 0.494 e. The van der Waals surface area contributed by atoms with E-state index in [9.17, 15) is 4.39 Å². The quantitative estimate of drug-likeness (QED) is 0.903. The zero-order valence-electron chi connectivity index (χ0n) is 10.6. The van der Waals surface area contributed by atoms with E-state index in [0.29, 0.717) is 12.1 Å². The van der Waals surface area contributed by atoms with Crippen LogP contribution in [0, 0.1) is 5.82 Å². The normalized spacial score (nSPS) is 12.4. The molecule has 0 radical (unpaired) electrons. The first kappa shape index (κ1) is 12.6. The highest BCUT2D eigenvalue weighted by Crippen LogP contribution is 2.22. The Labute approximate surface area is 106 Å². The molecule has 3 nitrogen and oxygen atoms in total. The van der Waals surface area contributed by atoms with Gasteiger partial charge in [-0.3, -0.25) is 0 Å². The van der Waals surface area contributed by atoms with Crippen LogP contribution in [0.15, 0.2) is 36.5 Å². The molecule has 96 valence electrons. The summed E-state index contributed by atoms with van der Waals surface area (Å²) in [5, 5.41) is 0. The molecule has 0 aliphatic heterocycles. The molecule has 18 heavy (non-hydrogen) atoms. The van der Waals surface area contributed by atoms with Gasteiger partial charge in [-0.2, -0.15) is 0 Å². The number of nitrogens with zero attached hydrogens (tertiary/aromatic N) is 1. The van der Waals surface area contributed by atoms with Crippen LogP contribution in [0.3, 0.4) is 0 Å². The summed E-state index contributed by atoms with van der Waals surface area (Å²) < 4.78 is 20.9. The molecule has 0 saturated heterocycles. The van der Waals surface area contributed by atoms with Crippen molar-refractivity contribution in [3.63, 3.8) is 0 Å². The summed E-state index contributed by atoms with van der Waals surface area (Å²) in [7, 11) is 1.46. The molecule has 1 unspecified atom stereocenters. The molecule has 1 heterocycles. The average molecular weight is 248 g/mol. The first-order valence-corrected chi connectivity index (χ1v) is 5.85. The maximum absolute atomic E-state index is 14.0. The number of benzene rings is 1. The first-order chi connectivity index (χ1) is 8.63. The van der Waals surface area contributed by atoms with Crippen LogP contribution in [-0.2, 0) is 6.54 Å². The van der Waals surface area contributed by atoms with Gasteiger partial charge in [-0.25, -0.2) is 4.39 Å². The zero-order valence-corrected chi connectivity index (χ0v) is 10.6. The number of methoxy groups -OCH3 is 1. The molecule has 0 aliphatic carbocycles. The van der Waals surface area contributed by atoms with Crippen molar-refractivity contribution in [1.29, 1.82) is 0 Å². The van der Waals surface area contributed by atoms with E-state index in [1.54, 1.807) is 18.2 Å². The molecular weight excluding hydrogens is 231 g/mol. The summed E-state index contributed by atoms with van der Waals surface area (Å²) in [5.74, 6) is -0.0497. The Bertz CT molecular complexity index is 534. The van der Waals surface area contributed by atoms with E-state index in [0.717, 1.165) is 5.69 Å². The monoisotopic (exact) mass is 248 g/mol. The third-order valence-electron chi connectivity index (χ3n) is 2.94. The van der Waals surface area contributed by atoms with Crippen molar-refractivity contribution < 1.29 is 9.13 Å². The van der Waals surface area contributed by atoms with Gasteiger partial charge in [0.25, 0.3) is 0 Å². The Morgan fingerprint density at radius 2 is 2.11 bits per heavy atom. The summed E-state index contributed by atoms with van der Waals surface area (Å²) in [5.41, 5.74) is 7.44. The molecule has 4 heteroatoms. The van der Waals surface area contributed by atoms with E-state index >= 15 is 0 Å². The van der Waals surface area contributed by atoms with Crippen LogP contribution in [-0.4, -0.2) is 11.7 Å². The second-order valence-corrected chi connectivity index (χ2v) is 4.28. The summed E-state index contributed by atoms with van der Waals surface area (Å²) in [6, 6.07) is 8.93. The highest BCUT2D eigenvalue weighted by molar-refractivity contribution is 5.31. The van der Waals surface area contributed by atoms with Crippen LogP contribution in [0.25, 0.3) is 0 Å². The van der Waals surface area contributed by atoms with E-state index in [-0.39, 0.29) is 17.6 Å². The Morgan fingerprint density at radius 1 is 1.33 bits per heavy atom. The van der Waals surface area contributed by atoms with Gasteiger partial charge < -0.3 is 15.0 Å². The van der Waals surface area contributed by atoms with Crippen LogP contribution in [0.1, 0.15) is 24.2 Å². The van der Waals surface area contributed by atoms with E-state index in [1.165, 1.54) is 7.11 Å². The van der Waals surface area contributed by atoms with Gasteiger partial charge >= 0.3 is 0 Å². The van der Waals surface area contributed by atoms with E-state index < -0.39 is 0 Å². The number of ether oxygens (including phenoxy) is 1. The average Bonchev–Trinajstić information content (AvgIpc) is 2.80. The second-order valence-electron chi connectivity index (χ2n) is 4.28. The molecule has 1 aromatic carbocycles. The lowest BCUT2D eigenvalue weighted by atomic mass is 10.2. The lowest BCUT2D eigenvalue weighted by Gasteiger charge is -2.13. The molecule has 0 aliphatic rings. The number of hydrogen-bond donors (Lipinski definition) is 1. The van der Waals surface area contributed by atoms with Crippen LogP contribution in [0.5, 0.6) is 5.75 Å². The zero-order chi connectivity index (χ0) is 13.1. The minimum absolute atomic E-state index is 0.0753. The number of nitrogens with two attached hydrogens (primary N) is 1. The maximum Gasteiger partial charge on any atom is 0.170 e. The van der Waals surface area contributed by atoms with E-state index in [2.05, 4.69) is 0 Å². The molecule has 0 saturated carbocycles. The molecule has 2 aromatic rings. The van der Waals surface area contributed by atoms with Crippen molar-refractivity contribution in [3.05, 3.63) is 53.6 Å². The van der Waals surface area contributed by atoms with Gasteiger partial charge in [0, 0.05) is 23.5 Å². The number of hydrogen-bond acceptors (Lipinski definition) is 2. The molecule has 0 fully saturated rings. The molecule has 0 spiro atoms. The van der Waals surface area contributed by atoms with Gasteiger partial charge in [0.1, 0.15) is 0 Å². The Morgan fingerprint density at radius 3 is 2.78 bits per heavy atom. The highest BCUT2D eigenvalue weighted by atomic mass is 19.1. The van der Waals surface area contributed by atoms with Gasteiger partial charge in [-0.05, 0) is 25.1 Å². The Balaban J connectivity index is 2.31. The highest BCUT2D eigenvalue weighted by Gasteiger charge is 2.11. The molecule has 1 atom stereocenters. The molecule has 1 aromatic heterocycles. The molecule has 2 N–H and O–H groups in total. The van der Waals surface area contributed by atoms with Crippen LogP contribution < -0.4 is 10.5 Å². The van der Waals surface area contributed by atoms with Gasteiger partial charge in [-0.15, -0.1) is 0 Å².